The first kappa shape index (κ1) is 30.4. The third-order valence-electron chi connectivity index (χ3n) is 8.72. The summed E-state index contributed by atoms with van der Waals surface area (Å²) < 4.78 is 34.2. The Morgan fingerprint density at radius 3 is 2.45 bits per heavy atom. The number of urea groups is 1. The highest BCUT2D eigenvalue weighted by Gasteiger charge is 2.72. The lowest BCUT2D eigenvalue weighted by Gasteiger charge is -2.50. The molecule has 1 aromatic carbocycles. The number of aliphatic hydroxyl groups is 1. The predicted octanol–water partition coefficient (Wildman–Crippen LogP) is 6.02. The van der Waals surface area contributed by atoms with Gasteiger partial charge in [-0.25, -0.2) is 18.4 Å². The first-order chi connectivity index (χ1) is 17.6. The second-order valence-electron chi connectivity index (χ2n) is 12.1. The van der Waals surface area contributed by atoms with Gasteiger partial charge >= 0.3 is 12.0 Å². The van der Waals surface area contributed by atoms with Crippen molar-refractivity contribution in [2.75, 3.05) is 20.3 Å². The van der Waals surface area contributed by atoms with E-state index < -0.39 is 40.7 Å². The summed E-state index contributed by atoms with van der Waals surface area (Å²) in [5, 5.41) is 16.6. The van der Waals surface area contributed by atoms with Crippen molar-refractivity contribution in [3.05, 3.63) is 46.5 Å². The van der Waals surface area contributed by atoms with Gasteiger partial charge in [0.25, 0.3) is 5.92 Å². The molecule has 3 rings (SSSR count). The summed E-state index contributed by atoms with van der Waals surface area (Å²) in [6.45, 7) is 13.2. The number of carbonyl (C=O) groups is 2. The number of alkyl halides is 2. The van der Waals surface area contributed by atoms with Crippen LogP contribution in [0.5, 0.6) is 0 Å². The van der Waals surface area contributed by atoms with E-state index in [1.165, 1.54) is 7.11 Å². The number of amides is 2. The number of hydrogen-bond donors (Lipinski definition) is 3. The fraction of sp³-hybridized carbons (Fsp3) is 0.655. The van der Waals surface area contributed by atoms with Gasteiger partial charge in [-0.1, -0.05) is 64.9 Å². The van der Waals surface area contributed by atoms with E-state index in [2.05, 4.69) is 28.9 Å². The number of esters is 1. The number of ether oxygens (including phenoxy) is 1. The molecule has 2 saturated carbocycles. The molecular weight excluding hydrogens is 514 g/mol. The maximum Gasteiger partial charge on any atom is 0.333 e. The molecule has 0 aliphatic heterocycles. The van der Waals surface area contributed by atoms with Crippen molar-refractivity contribution in [3.63, 3.8) is 0 Å². The van der Waals surface area contributed by atoms with Crippen LogP contribution in [0, 0.1) is 29.1 Å². The van der Waals surface area contributed by atoms with Crippen molar-refractivity contribution in [2.24, 2.45) is 29.1 Å². The largest absolute Gasteiger partial charge is 0.466 e. The molecule has 4 unspecified atom stereocenters. The average Bonchev–Trinajstić information content (AvgIpc) is 3.43. The molecule has 0 aromatic heterocycles. The summed E-state index contributed by atoms with van der Waals surface area (Å²) in [7, 11) is 1.27. The molecule has 2 fully saturated rings. The summed E-state index contributed by atoms with van der Waals surface area (Å²) in [5.74, 6) is -5.08. The van der Waals surface area contributed by atoms with Crippen LogP contribution in [-0.2, 0) is 15.1 Å². The molecule has 0 spiro atoms. The normalized spacial score (nSPS) is 30.3. The highest BCUT2D eigenvalue weighted by molar-refractivity contribution is 6.31. The van der Waals surface area contributed by atoms with Crippen molar-refractivity contribution in [2.45, 2.75) is 71.3 Å². The van der Waals surface area contributed by atoms with Crippen LogP contribution in [0.1, 0.15) is 70.9 Å². The van der Waals surface area contributed by atoms with Crippen molar-refractivity contribution in [1.29, 1.82) is 0 Å². The summed E-state index contributed by atoms with van der Waals surface area (Å²) in [6.07, 6.45) is 1.56. The van der Waals surface area contributed by atoms with Crippen LogP contribution in [0.2, 0.25) is 5.02 Å². The molecule has 2 aliphatic carbocycles. The predicted molar refractivity (Wildman–Crippen MR) is 144 cm³/mol. The van der Waals surface area contributed by atoms with Gasteiger partial charge in [0.15, 0.2) is 0 Å². The lowest BCUT2D eigenvalue weighted by molar-refractivity contribution is -0.136. The molecule has 0 bridgehead atoms. The summed E-state index contributed by atoms with van der Waals surface area (Å²) in [4.78, 5) is 24.7. The van der Waals surface area contributed by atoms with E-state index in [4.69, 9.17) is 11.6 Å². The minimum atomic E-state index is -2.84. The van der Waals surface area contributed by atoms with E-state index in [9.17, 15) is 23.5 Å². The molecule has 6 nitrogen and oxygen atoms in total. The standard InChI is InChI=1S/C29H41ClF2N2O4/c1-16-10-12-28(21(15-35)18(16)3,34-26(37)33-13-11-17(2)25(36)38-7)19-8-9-20(22(30)14-19)23-24(27(4,5)6)29(23,31)32/h8-9,14,16,18,21,23-24,35H,2,10-13,15H2,1,3-7H3,(H2,33,34,37)/t16-,18+,21?,23?,24?,28?/m0/s1. The molecule has 212 valence electrons. The van der Waals surface area contributed by atoms with Gasteiger partial charge in [0.2, 0.25) is 0 Å². The van der Waals surface area contributed by atoms with Crippen LogP contribution < -0.4 is 10.6 Å². The summed E-state index contributed by atoms with van der Waals surface area (Å²) in [6, 6.07) is 4.63. The number of halogens is 3. The van der Waals surface area contributed by atoms with Crippen LogP contribution in [0.15, 0.2) is 30.4 Å². The topological polar surface area (TPSA) is 87.7 Å². The van der Waals surface area contributed by atoms with Crippen LogP contribution in [0.3, 0.4) is 0 Å². The van der Waals surface area contributed by atoms with Gasteiger partial charge in [0.05, 0.1) is 18.6 Å². The molecule has 0 radical (unpaired) electrons. The van der Waals surface area contributed by atoms with Crippen molar-refractivity contribution in [3.8, 4) is 0 Å². The Hall–Kier alpha value is -2.19. The first-order valence-electron chi connectivity index (χ1n) is 13.2. The third kappa shape index (κ3) is 5.71. The van der Waals surface area contributed by atoms with E-state index in [-0.39, 0.29) is 42.0 Å². The molecule has 2 amide bonds. The number of carbonyl (C=O) groups excluding carboxylic acids is 2. The maximum atomic E-state index is 14.8. The zero-order valence-electron chi connectivity index (χ0n) is 23.2. The highest BCUT2D eigenvalue weighted by atomic mass is 35.5. The van der Waals surface area contributed by atoms with E-state index in [0.29, 0.717) is 23.5 Å². The molecule has 6 atom stereocenters. The Bertz CT molecular complexity index is 1070. The van der Waals surface area contributed by atoms with E-state index in [1.54, 1.807) is 18.2 Å². The number of hydrogen-bond acceptors (Lipinski definition) is 4. The minimum absolute atomic E-state index is 0.0737. The fourth-order valence-electron chi connectivity index (χ4n) is 6.32. The summed E-state index contributed by atoms with van der Waals surface area (Å²) in [5.41, 5.74) is -0.216. The molecule has 1 aromatic rings. The summed E-state index contributed by atoms with van der Waals surface area (Å²) >= 11 is 6.66. The van der Waals surface area contributed by atoms with E-state index in [1.807, 2.05) is 27.7 Å². The lowest BCUT2D eigenvalue weighted by atomic mass is 9.61. The number of benzene rings is 1. The Labute approximate surface area is 229 Å². The first-order valence-corrected chi connectivity index (χ1v) is 13.6. The Morgan fingerprint density at radius 1 is 1.26 bits per heavy atom. The number of nitrogens with one attached hydrogen (secondary N) is 2. The Kier molecular flexibility index (Phi) is 8.89. The smallest absolute Gasteiger partial charge is 0.333 e. The van der Waals surface area contributed by atoms with Crippen molar-refractivity contribution >= 4 is 23.6 Å². The number of aliphatic hydroxyl groups excluding tert-OH is 1. The zero-order chi connectivity index (χ0) is 28.6. The molecular formula is C29H41ClF2N2O4. The van der Waals surface area contributed by atoms with Crippen LogP contribution in [0.25, 0.3) is 0 Å². The van der Waals surface area contributed by atoms with Crippen LogP contribution in [0.4, 0.5) is 13.6 Å². The lowest BCUT2D eigenvalue weighted by Crippen LogP contribution is -2.59. The van der Waals surface area contributed by atoms with Crippen LogP contribution >= 0.6 is 11.6 Å². The number of methoxy groups -OCH3 is 1. The molecule has 0 heterocycles. The highest BCUT2D eigenvalue weighted by Crippen LogP contribution is 2.68. The van der Waals surface area contributed by atoms with Crippen molar-refractivity contribution in [1.82, 2.24) is 10.6 Å². The molecule has 3 N–H and O–H groups in total. The minimum Gasteiger partial charge on any atom is -0.466 e. The monoisotopic (exact) mass is 554 g/mol. The quantitative estimate of drug-likeness (QED) is 0.271. The Balaban J connectivity index is 1.91. The van der Waals surface area contributed by atoms with Gasteiger partial charge in [-0.15, -0.1) is 0 Å². The second kappa shape index (κ2) is 11.1. The maximum absolute atomic E-state index is 14.8. The van der Waals surface area contributed by atoms with Gasteiger partial charge < -0.3 is 20.5 Å². The number of rotatable bonds is 8. The fourth-order valence-corrected chi connectivity index (χ4v) is 6.62. The van der Waals surface area contributed by atoms with E-state index >= 15 is 0 Å². The Morgan fingerprint density at radius 2 is 1.92 bits per heavy atom. The average molecular weight is 555 g/mol. The molecule has 0 saturated heterocycles. The molecule has 9 heteroatoms. The van der Waals surface area contributed by atoms with Gasteiger partial charge in [-0.3, -0.25) is 0 Å². The van der Waals surface area contributed by atoms with E-state index in [0.717, 1.165) is 6.42 Å². The molecule has 2 aliphatic rings. The van der Waals surface area contributed by atoms with Gasteiger partial charge in [0.1, 0.15) is 0 Å². The van der Waals surface area contributed by atoms with Crippen LogP contribution in [-0.4, -0.2) is 43.3 Å². The second-order valence-corrected chi connectivity index (χ2v) is 12.5. The van der Waals surface area contributed by atoms with Crippen molar-refractivity contribution < 1.29 is 28.2 Å². The zero-order valence-corrected chi connectivity index (χ0v) is 23.9. The van der Waals surface area contributed by atoms with Gasteiger partial charge in [-0.2, -0.15) is 0 Å². The van der Waals surface area contributed by atoms with Gasteiger partial charge in [-0.05, 0) is 53.7 Å². The SMILES string of the molecule is C=C(CCNC(=O)NC1(c2ccc(C3C(C(C)(C)C)C3(F)F)c(Cl)c2)CC[C@H](C)[C@@H](C)C1CO)C(=O)OC. The molecule has 38 heavy (non-hydrogen) atoms. The van der Waals surface area contributed by atoms with Gasteiger partial charge in [0, 0.05) is 35.6 Å². The third-order valence-corrected chi connectivity index (χ3v) is 9.04.